The summed E-state index contributed by atoms with van der Waals surface area (Å²) in [6.45, 7) is 1.42. The van der Waals surface area contributed by atoms with Crippen LogP contribution in [0.2, 0.25) is 0 Å². The molecule has 0 aliphatic heterocycles. The monoisotopic (exact) mass is 298 g/mol. The minimum absolute atomic E-state index is 0.245. The van der Waals surface area contributed by atoms with Crippen LogP contribution < -0.4 is 10.5 Å². The van der Waals surface area contributed by atoms with Crippen LogP contribution in [0.3, 0.4) is 0 Å². The zero-order chi connectivity index (χ0) is 15.8. The molecular weight excluding hydrogens is 276 g/mol. The summed E-state index contributed by atoms with van der Waals surface area (Å²) >= 11 is 0. The molecule has 2 aromatic carbocycles. The molecule has 0 fully saturated rings. The standard InChI is InChI=1S/C18H22N2O2/c1-20(14-18(19)21)11-12-22-17-10-6-5-9-16(17)13-15-7-3-2-4-8-15/h2-10H,11-14H2,1H3,(H2,19,21). The topological polar surface area (TPSA) is 55.6 Å². The summed E-state index contributed by atoms with van der Waals surface area (Å²) in [6.07, 6.45) is 0.841. The van der Waals surface area contributed by atoms with Crippen LogP contribution in [0.1, 0.15) is 11.1 Å². The summed E-state index contributed by atoms with van der Waals surface area (Å²) in [7, 11) is 1.85. The molecule has 1 amide bonds. The number of amides is 1. The van der Waals surface area contributed by atoms with Gasteiger partial charge in [0.2, 0.25) is 5.91 Å². The maximum Gasteiger partial charge on any atom is 0.231 e. The molecule has 2 aromatic rings. The van der Waals surface area contributed by atoms with E-state index in [9.17, 15) is 4.79 Å². The molecule has 22 heavy (non-hydrogen) atoms. The molecule has 116 valence electrons. The minimum Gasteiger partial charge on any atom is -0.492 e. The Hall–Kier alpha value is -2.33. The fourth-order valence-corrected chi connectivity index (χ4v) is 2.26. The second kappa shape index (κ2) is 8.20. The minimum atomic E-state index is -0.327. The number of para-hydroxylation sites is 1. The molecule has 0 saturated heterocycles. The summed E-state index contributed by atoms with van der Waals surface area (Å²) in [6, 6.07) is 18.4. The number of carbonyl (C=O) groups excluding carboxylic acids is 1. The lowest BCUT2D eigenvalue weighted by molar-refractivity contribution is -0.118. The summed E-state index contributed by atoms with van der Waals surface area (Å²) < 4.78 is 5.87. The number of nitrogens with zero attached hydrogens (tertiary/aromatic N) is 1. The SMILES string of the molecule is CN(CCOc1ccccc1Cc1ccccc1)CC(N)=O. The lowest BCUT2D eigenvalue weighted by Crippen LogP contribution is -2.33. The Morgan fingerprint density at radius 1 is 1.09 bits per heavy atom. The van der Waals surface area contributed by atoms with Gasteiger partial charge in [-0.3, -0.25) is 9.69 Å². The highest BCUT2D eigenvalue weighted by molar-refractivity contribution is 5.75. The van der Waals surface area contributed by atoms with Gasteiger partial charge in [0, 0.05) is 13.0 Å². The Morgan fingerprint density at radius 2 is 1.77 bits per heavy atom. The van der Waals surface area contributed by atoms with Gasteiger partial charge in [-0.25, -0.2) is 0 Å². The van der Waals surface area contributed by atoms with E-state index in [1.165, 1.54) is 5.56 Å². The van der Waals surface area contributed by atoms with Crippen molar-refractivity contribution in [1.29, 1.82) is 0 Å². The van der Waals surface area contributed by atoms with Gasteiger partial charge in [-0.1, -0.05) is 48.5 Å². The number of primary amides is 1. The number of benzene rings is 2. The Balaban J connectivity index is 1.92. The molecule has 4 heteroatoms. The first-order valence-corrected chi connectivity index (χ1v) is 7.36. The molecule has 2 rings (SSSR count). The predicted octanol–water partition coefficient (Wildman–Crippen LogP) is 2.07. The molecule has 0 saturated carbocycles. The van der Waals surface area contributed by atoms with Gasteiger partial charge in [0.05, 0.1) is 6.54 Å². The van der Waals surface area contributed by atoms with Gasteiger partial charge < -0.3 is 10.5 Å². The van der Waals surface area contributed by atoms with Crippen molar-refractivity contribution >= 4 is 5.91 Å². The zero-order valence-corrected chi connectivity index (χ0v) is 12.9. The molecule has 0 unspecified atom stereocenters. The Bertz CT molecular complexity index is 599. The van der Waals surface area contributed by atoms with Gasteiger partial charge >= 0.3 is 0 Å². The average Bonchev–Trinajstić information content (AvgIpc) is 2.49. The summed E-state index contributed by atoms with van der Waals surface area (Å²) in [5.41, 5.74) is 7.58. The van der Waals surface area contributed by atoms with Gasteiger partial charge in [0.15, 0.2) is 0 Å². The van der Waals surface area contributed by atoms with E-state index in [4.69, 9.17) is 10.5 Å². The van der Waals surface area contributed by atoms with Crippen molar-refractivity contribution in [3.05, 3.63) is 65.7 Å². The smallest absolute Gasteiger partial charge is 0.231 e. The Labute approximate surface area is 131 Å². The first-order valence-electron chi connectivity index (χ1n) is 7.36. The quantitative estimate of drug-likeness (QED) is 0.812. The van der Waals surface area contributed by atoms with Crippen molar-refractivity contribution in [3.63, 3.8) is 0 Å². The van der Waals surface area contributed by atoms with Crippen LogP contribution in [0.4, 0.5) is 0 Å². The van der Waals surface area contributed by atoms with E-state index < -0.39 is 0 Å². The number of rotatable bonds is 8. The van der Waals surface area contributed by atoms with Gasteiger partial charge in [-0.05, 0) is 24.2 Å². The normalized spacial score (nSPS) is 10.6. The number of ether oxygens (including phenoxy) is 1. The fourth-order valence-electron chi connectivity index (χ4n) is 2.26. The molecular formula is C18H22N2O2. The highest BCUT2D eigenvalue weighted by Crippen LogP contribution is 2.21. The number of nitrogens with two attached hydrogens (primary N) is 1. The van der Waals surface area contributed by atoms with Crippen molar-refractivity contribution in [3.8, 4) is 5.75 Å². The van der Waals surface area contributed by atoms with Crippen molar-refractivity contribution < 1.29 is 9.53 Å². The van der Waals surface area contributed by atoms with Crippen LogP contribution in [0.25, 0.3) is 0 Å². The van der Waals surface area contributed by atoms with Crippen LogP contribution >= 0.6 is 0 Å². The van der Waals surface area contributed by atoms with Gasteiger partial charge in [-0.15, -0.1) is 0 Å². The van der Waals surface area contributed by atoms with E-state index in [1.807, 2.05) is 48.3 Å². The fraction of sp³-hybridized carbons (Fsp3) is 0.278. The summed E-state index contributed by atoms with van der Waals surface area (Å²) in [4.78, 5) is 12.7. The lowest BCUT2D eigenvalue weighted by atomic mass is 10.0. The lowest BCUT2D eigenvalue weighted by Gasteiger charge is -2.16. The van der Waals surface area contributed by atoms with Crippen molar-refractivity contribution in [2.45, 2.75) is 6.42 Å². The zero-order valence-electron chi connectivity index (χ0n) is 12.9. The molecule has 0 radical (unpaired) electrons. The van der Waals surface area contributed by atoms with Crippen LogP contribution in [0.15, 0.2) is 54.6 Å². The van der Waals surface area contributed by atoms with Crippen LogP contribution in [0.5, 0.6) is 5.75 Å². The molecule has 0 spiro atoms. The molecule has 0 aliphatic rings. The van der Waals surface area contributed by atoms with Gasteiger partial charge in [0.25, 0.3) is 0 Å². The number of hydrogen-bond acceptors (Lipinski definition) is 3. The Morgan fingerprint density at radius 3 is 2.50 bits per heavy atom. The van der Waals surface area contributed by atoms with E-state index in [2.05, 4.69) is 18.2 Å². The van der Waals surface area contributed by atoms with E-state index in [0.29, 0.717) is 13.2 Å². The first-order chi connectivity index (χ1) is 10.6. The van der Waals surface area contributed by atoms with Crippen LogP contribution in [-0.2, 0) is 11.2 Å². The molecule has 0 bridgehead atoms. The molecule has 0 aromatic heterocycles. The average molecular weight is 298 g/mol. The Kier molecular flexibility index (Phi) is 5.98. The van der Waals surface area contributed by atoms with Gasteiger partial charge in [0.1, 0.15) is 12.4 Å². The maximum absolute atomic E-state index is 10.8. The van der Waals surface area contributed by atoms with E-state index in [1.54, 1.807) is 0 Å². The third-order valence-corrected chi connectivity index (χ3v) is 3.37. The first kappa shape index (κ1) is 16.0. The highest BCUT2D eigenvalue weighted by atomic mass is 16.5. The van der Waals surface area contributed by atoms with Crippen molar-refractivity contribution in [2.24, 2.45) is 5.73 Å². The third kappa shape index (κ3) is 5.22. The van der Waals surface area contributed by atoms with E-state index >= 15 is 0 Å². The highest BCUT2D eigenvalue weighted by Gasteiger charge is 2.06. The molecule has 2 N–H and O–H groups in total. The molecule has 4 nitrogen and oxygen atoms in total. The number of likely N-dealkylation sites (N-methyl/N-ethyl adjacent to an activating group) is 1. The largest absolute Gasteiger partial charge is 0.492 e. The molecule has 0 aliphatic carbocycles. The van der Waals surface area contributed by atoms with E-state index in [0.717, 1.165) is 17.7 Å². The van der Waals surface area contributed by atoms with Gasteiger partial charge in [-0.2, -0.15) is 0 Å². The molecule has 0 atom stereocenters. The molecule has 0 heterocycles. The van der Waals surface area contributed by atoms with Crippen LogP contribution in [-0.4, -0.2) is 37.6 Å². The summed E-state index contributed by atoms with van der Waals surface area (Å²) in [5.74, 6) is 0.561. The van der Waals surface area contributed by atoms with E-state index in [-0.39, 0.29) is 12.5 Å². The number of hydrogen-bond donors (Lipinski definition) is 1. The predicted molar refractivity (Wildman–Crippen MR) is 87.9 cm³/mol. The van der Waals surface area contributed by atoms with Crippen molar-refractivity contribution in [1.82, 2.24) is 4.90 Å². The second-order valence-corrected chi connectivity index (χ2v) is 5.32. The number of carbonyl (C=O) groups is 1. The van der Waals surface area contributed by atoms with Crippen LogP contribution in [0, 0.1) is 0 Å². The third-order valence-electron chi connectivity index (χ3n) is 3.37. The second-order valence-electron chi connectivity index (χ2n) is 5.32. The summed E-state index contributed by atoms with van der Waals surface area (Å²) in [5, 5.41) is 0. The van der Waals surface area contributed by atoms with Crippen molar-refractivity contribution in [2.75, 3.05) is 26.7 Å². The maximum atomic E-state index is 10.8.